The van der Waals surface area contributed by atoms with Gasteiger partial charge in [0.25, 0.3) is 0 Å². The summed E-state index contributed by atoms with van der Waals surface area (Å²) in [6.45, 7) is 1.16. The van der Waals surface area contributed by atoms with Gasteiger partial charge in [-0.25, -0.2) is 12.7 Å². The molecule has 24 heavy (non-hydrogen) atoms. The van der Waals surface area contributed by atoms with Gasteiger partial charge in [-0.2, -0.15) is 0 Å². The maximum absolute atomic E-state index is 12.1. The molecule has 9 heteroatoms. The Morgan fingerprint density at radius 2 is 2.00 bits per heavy atom. The molecule has 1 heterocycles. The van der Waals surface area contributed by atoms with E-state index in [0.717, 1.165) is 9.37 Å². The number of benzene rings is 1. The fourth-order valence-corrected chi connectivity index (χ4v) is 5.29. The van der Waals surface area contributed by atoms with Gasteiger partial charge in [0, 0.05) is 41.2 Å². The first-order valence-corrected chi connectivity index (χ1v) is 11.5. The molecule has 0 spiro atoms. The molecule has 0 aromatic heterocycles. The number of hydrogen-bond donors (Lipinski definition) is 1. The lowest BCUT2D eigenvalue weighted by Crippen LogP contribution is -2.35. The van der Waals surface area contributed by atoms with E-state index in [1.807, 2.05) is 12.1 Å². The number of amides is 1. The van der Waals surface area contributed by atoms with Gasteiger partial charge in [0.1, 0.15) is 0 Å². The van der Waals surface area contributed by atoms with E-state index in [4.69, 9.17) is 0 Å². The normalized spacial score (nSPS) is 18.4. The second kappa shape index (κ2) is 9.07. The molecule has 0 bridgehead atoms. The Kier molecular flexibility index (Phi) is 7.39. The molecule has 1 aromatic carbocycles. The zero-order valence-corrected chi connectivity index (χ0v) is 16.5. The van der Waals surface area contributed by atoms with Crippen LogP contribution < -0.4 is 5.32 Å². The van der Waals surface area contributed by atoms with Crippen LogP contribution in [0.15, 0.2) is 33.6 Å². The van der Waals surface area contributed by atoms with Crippen LogP contribution in [0.1, 0.15) is 19.3 Å². The summed E-state index contributed by atoms with van der Waals surface area (Å²) >= 11 is 3.33. The van der Waals surface area contributed by atoms with Gasteiger partial charge in [0.15, 0.2) is 0 Å². The fraction of sp³-hybridized carbons (Fsp3) is 0.533. The van der Waals surface area contributed by atoms with Crippen molar-refractivity contribution in [3.8, 4) is 0 Å². The number of halogens is 1. The van der Waals surface area contributed by atoms with Crippen molar-refractivity contribution in [3.63, 3.8) is 0 Å². The summed E-state index contributed by atoms with van der Waals surface area (Å²) in [5.41, 5.74) is 0. The minimum Gasteiger partial charge on any atom is -0.355 e. The van der Waals surface area contributed by atoms with Crippen LogP contribution >= 0.6 is 15.9 Å². The number of nitrogens with one attached hydrogen (secondary N) is 1. The summed E-state index contributed by atoms with van der Waals surface area (Å²) in [5.74, 6) is 0.484. The van der Waals surface area contributed by atoms with E-state index in [1.165, 1.54) is 4.31 Å². The molecule has 0 radical (unpaired) electrons. The third-order valence-electron chi connectivity index (χ3n) is 3.70. The standard InChI is InChI=1S/C15H21BrN2O4S2/c16-13-4-6-14(7-5-13)23(20)11-1-3-15(19)17-8-10-18-9-2-12-24(18,21)22/h4-7H,1-3,8-12H2,(H,17,19). The lowest BCUT2D eigenvalue weighted by atomic mass is 10.3. The number of hydrogen-bond acceptors (Lipinski definition) is 4. The summed E-state index contributed by atoms with van der Waals surface area (Å²) < 4.78 is 37.7. The molecule has 134 valence electrons. The van der Waals surface area contributed by atoms with Crippen LogP contribution in [0.25, 0.3) is 0 Å². The van der Waals surface area contributed by atoms with Crippen molar-refractivity contribution in [1.29, 1.82) is 0 Å². The molecular weight excluding hydrogens is 416 g/mol. The third kappa shape index (κ3) is 5.94. The smallest absolute Gasteiger partial charge is 0.220 e. The Labute approximate surface area is 153 Å². The molecule has 2 rings (SSSR count). The van der Waals surface area contributed by atoms with Crippen molar-refractivity contribution in [2.45, 2.75) is 24.2 Å². The molecule has 1 amide bonds. The van der Waals surface area contributed by atoms with Crippen LogP contribution in [0.4, 0.5) is 0 Å². The molecular formula is C15H21BrN2O4S2. The molecule has 1 N–H and O–H groups in total. The number of carbonyl (C=O) groups excluding carboxylic acids is 1. The van der Waals surface area contributed by atoms with E-state index < -0.39 is 20.8 Å². The van der Waals surface area contributed by atoms with Gasteiger partial charge in [-0.1, -0.05) is 15.9 Å². The van der Waals surface area contributed by atoms with Crippen LogP contribution in [0, 0.1) is 0 Å². The summed E-state index contributed by atoms with van der Waals surface area (Å²) in [7, 11) is -4.22. The quantitative estimate of drug-likeness (QED) is 0.668. The van der Waals surface area contributed by atoms with Crippen LogP contribution in [0.3, 0.4) is 0 Å². The van der Waals surface area contributed by atoms with E-state index in [9.17, 15) is 17.4 Å². The zero-order chi connectivity index (χ0) is 17.6. The van der Waals surface area contributed by atoms with Crippen molar-refractivity contribution in [2.75, 3.05) is 31.1 Å². The number of sulfonamides is 1. The molecule has 6 nitrogen and oxygen atoms in total. The second-order valence-corrected chi connectivity index (χ2v) is 10.1. The van der Waals surface area contributed by atoms with E-state index in [1.54, 1.807) is 12.1 Å². The summed E-state index contributed by atoms with van der Waals surface area (Å²) in [5, 5.41) is 2.72. The van der Waals surface area contributed by atoms with Crippen LogP contribution in [-0.2, 0) is 25.6 Å². The molecule has 1 saturated heterocycles. The maximum Gasteiger partial charge on any atom is 0.220 e. The first-order chi connectivity index (χ1) is 11.4. The number of rotatable bonds is 8. The Morgan fingerprint density at radius 3 is 2.62 bits per heavy atom. The van der Waals surface area contributed by atoms with Gasteiger partial charge < -0.3 is 5.32 Å². The first-order valence-electron chi connectivity index (χ1n) is 7.77. The molecule has 0 saturated carbocycles. The molecule has 1 aromatic rings. The Hall–Kier alpha value is -0.770. The molecule has 1 unspecified atom stereocenters. The highest BCUT2D eigenvalue weighted by molar-refractivity contribution is 9.10. The molecule has 1 fully saturated rings. The van der Waals surface area contributed by atoms with Crippen molar-refractivity contribution >= 4 is 42.7 Å². The zero-order valence-electron chi connectivity index (χ0n) is 13.2. The largest absolute Gasteiger partial charge is 0.355 e. The van der Waals surface area contributed by atoms with Crippen molar-refractivity contribution in [1.82, 2.24) is 9.62 Å². The summed E-state index contributed by atoms with van der Waals surface area (Å²) in [6.07, 6.45) is 1.46. The Morgan fingerprint density at radius 1 is 1.29 bits per heavy atom. The monoisotopic (exact) mass is 436 g/mol. The predicted octanol–water partition coefficient (Wildman–Crippen LogP) is 1.49. The van der Waals surface area contributed by atoms with Gasteiger partial charge in [-0.05, 0) is 37.1 Å². The lowest BCUT2D eigenvalue weighted by Gasteiger charge is -2.14. The van der Waals surface area contributed by atoms with E-state index >= 15 is 0 Å². The predicted molar refractivity (Wildman–Crippen MR) is 97.6 cm³/mol. The first kappa shape index (κ1) is 19.6. The van der Waals surface area contributed by atoms with Crippen LogP contribution in [-0.4, -0.2) is 54.0 Å². The van der Waals surface area contributed by atoms with Gasteiger partial charge in [0.2, 0.25) is 15.9 Å². The van der Waals surface area contributed by atoms with Gasteiger partial charge in [-0.3, -0.25) is 9.00 Å². The molecule has 1 aliphatic rings. The van der Waals surface area contributed by atoms with E-state index in [0.29, 0.717) is 38.2 Å². The Balaban J connectivity index is 1.63. The SMILES string of the molecule is O=C(CCCS(=O)c1ccc(Br)cc1)NCCN1CCCS1(=O)=O. The van der Waals surface area contributed by atoms with Crippen LogP contribution in [0.5, 0.6) is 0 Å². The molecule has 1 atom stereocenters. The topological polar surface area (TPSA) is 83.6 Å². The minimum atomic E-state index is -3.11. The highest BCUT2D eigenvalue weighted by Gasteiger charge is 2.27. The lowest BCUT2D eigenvalue weighted by molar-refractivity contribution is -0.121. The second-order valence-electron chi connectivity index (χ2n) is 5.53. The van der Waals surface area contributed by atoms with E-state index in [2.05, 4.69) is 21.2 Å². The van der Waals surface area contributed by atoms with Crippen molar-refractivity contribution in [2.24, 2.45) is 0 Å². The van der Waals surface area contributed by atoms with Crippen molar-refractivity contribution < 1.29 is 17.4 Å². The van der Waals surface area contributed by atoms with Crippen LogP contribution in [0.2, 0.25) is 0 Å². The highest BCUT2D eigenvalue weighted by Crippen LogP contribution is 2.14. The summed E-state index contributed by atoms with van der Waals surface area (Å²) in [6, 6.07) is 7.28. The van der Waals surface area contributed by atoms with E-state index in [-0.39, 0.29) is 18.1 Å². The van der Waals surface area contributed by atoms with Gasteiger partial charge in [-0.15, -0.1) is 0 Å². The fourth-order valence-electron chi connectivity index (χ4n) is 2.42. The average Bonchev–Trinajstić information content (AvgIpc) is 2.86. The minimum absolute atomic E-state index is 0.139. The van der Waals surface area contributed by atoms with Crippen molar-refractivity contribution in [3.05, 3.63) is 28.7 Å². The summed E-state index contributed by atoms with van der Waals surface area (Å²) in [4.78, 5) is 12.5. The molecule has 0 aliphatic carbocycles. The highest BCUT2D eigenvalue weighted by atomic mass is 79.9. The maximum atomic E-state index is 12.1. The number of carbonyl (C=O) groups is 1. The van der Waals surface area contributed by atoms with Gasteiger partial charge in [0.05, 0.1) is 16.6 Å². The molecule has 1 aliphatic heterocycles. The number of nitrogens with zero attached hydrogens (tertiary/aromatic N) is 1. The Bertz CT molecular complexity index is 692. The van der Waals surface area contributed by atoms with Gasteiger partial charge >= 0.3 is 0 Å². The average molecular weight is 437 g/mol. The third-order valence-corrected chi connectivity index (χ3v) is 7.64.